The van der Waals surface area contributed by atoms with Gasteiger partial charge in [-0.1, -0.05) is 36.4 Å². The van der Waals surface area contributed by atoms with Crippen LogP contribution in [0.2, 0.25) is 0 Å². The molecule has 0 radical (unpaired) electrons. The number of benzene rings is 2. The van der Waals surface area contributed by atoms with E-state index in [0.717, 1.165) is 30.0 Å². The number of hydrogen-bond acceptors (Lipinski definition) is 3. The van der Waals surface area contributed by atoms with Crippen molar-refractivity contribution < 1.29 is 0 Å². The largest absolute Gasteiger partial charge is 0.319 e. The van der Waals surface area contributed by atoms with Crippen LogP contribution in [-0.2, 0) is 6.42 Å². The van der Waals surface area contributed by atoms with Crippen LogP contribution in [0.15, 0.2) is 54.7 Å². The molecule has 3 rings (SSSR count). The average Bonchev–Trinajstić information content (AvgIpc) is 2.53. The van der Waals surface area contributed by atoms with Gasteiger partial charge in [-0.3, -0.25) is 0 Å². The third-order valence-corrected chi connectivity index (χ3v) is 3.35. The van der Waals surface area contributed by atoms with E-state index in [2.05, 4.69) is 57.7 Å². The SMILES string of the molecule is CNCCc1nccc(-c2ccc3ccccc3c2)n1. The molecule has 0 bridgehead atoms. The summed E-state index contributed by atoms with van der Waals surface area (Å²) in [6.07, 6.45) is 2.68. The molecule has 0 aliphatic heterocycles. The van der Waals surface area contributed by atoms with E-state index in [9.17, 15) is 0 Å². The highest BCUT2D eigenvalue weighted by Gasteiger charge is 2.03. The molecule has 0 saturated heterocycles. The lowest BCUT2D eigenvalue weighted by atomic mass is 10.1. The molecule has 3 nitrogen and oxygen atoms in total. The summed E-state index contributed by atoms with van der Waals surface area (Å²) in [7, 11) is 1.94. The highest BCUT2D eigenvalue weighted by molar-refractivity contribution is 5.86. The maximum absolute atomic E-state index is 4.64. The summed E-state index contributed by atoms with van der Waals surface area (Å²) >= 11 is 0. The lowest BCUT2D eigenvalue weighted by molar-refractivity contribution is 0.756. The van der Waals surface area contributed by atoms with E-state index in [4.69, 9.17) is 0 Å². The third-order valence-electron chi connectivity index (χ3n) is 3.35. The van der Waals surface area contributed by atoms with Gasteiger partial charge in [-0.05, 0) is 30.0 Å². The normalized spacial score (nSPS) is 10.8. The molecule has 0 amide bonds. The minimum absolute atomic E-state index is 0.845. The number of rotatable bonds is 4. The average molecular weight is 263 g/mol. The molecule has 0 aliphatic carbocycles. The number of likely N-dealkylation sites (N-methyl/N-ethyl adjacent to an activating group) is 1. The minimum Gasteiger partial charge on any atom is -0.319 e. The first-order chi connectivity index (χ1) is 9.86. The van der Waals surface area contributed by atoms with Crippen molar-refractivity contribution in [1.29, 1.82) is 0 Å². The minimum atomic E-state index is 0.845. The van der Waals surface area contributed by atoms with Crippen molar-refractivity contribution in [2.75, 3.05) is 13.6 Å². The van der Waals surface area contributed by atoms with E-state index >= 15 is 0 Å². The van der Waals surface area contributed by atoms with Crippen molar-refractivity contribution in [2.24, 2.45) is 0 Å². The predicted octanol–water partition coefficient (Wildman–Crippen LogP) is 3.06. The maximum Gasteiger partial charge on any atom is 0.130 e. The molecule has 0 spiro atoms. The van der Waals surface area contributed by atoms with Gasteiger partial charge in [0.2, 0.25) is 0 Å². The molecule has 100 valence electrons. The first-order valence-corrected chi connectivity index (χ1v) is 6.82. The van der Waals surface area contributed by atoms with E-state index in [1.807, 2.05) is 19.3 Å². The Labute approximate surface area is 118 Å². The van der Waals surface area contributed by atoms with Gasteiger partial charge in [0.1, 0.15) is 5.82 Å². The Hall–Kier alpha value is -2.26. The summed E-state index contributed by atoms with van der Waals surface area (Å²) in [6.45, 7) is 0.890. The molecule has 2 aromatic carbocycles. The van der Waals surface area contributed by atoms with Gasteiger partial charge in [-0.25, -0.2) is 9.97 Å². The van der Waals surface area contributed by atoms with Gasteiger partial charge >= 0.3 is 0 Å². The molecule has 3 heteroatoms. The van der Waals surface area contributed by atoms with Crippen LogP contribution in [-0.4, -0.2) is 23.6 Å². The fourth-order valence-electron chi connectivity index (χ4n) is 2.27. The second-order valence-corrected chi connectivity index (χ2v) is 4.77. The van der Waals surface area contributed by atoms with Crippen LogP contribution in [0.3, 0.4) is 0 Å². The van der Waals surface area contributed by atoms with Gasteiger partial charge in [0.05, 0.1) is 5.69 Å². The molecule has 0 saturated carbocycles. The molecule has 0 aliphatic rings. The van der Waals surface area contributed by atoms with E-state index in [1.165, 1.54) is 10.8 Å². The van der Waals surface area contributed by atoms with Crippen LogP contribution >= 0.6 is 0 Å². The molecular weight excluding hydrogens is 246 g/mol. The molecule has 1 N–H and O–H groups in total. The first kappa shape index (κ1) is 12.8. The van der Waals surface area contributed by atoms with Crippen LogP contribution < -0.4 is 5.32 Å². The Morgan fingerprint density at radius 3 is 2.70 bits per heavy atom. The van der Waals surface area contributed by atoms with Gasteiger partial charge < -0.3 is 5.32 Å². The quantitative estimate of drug-likeness (QED) is 0.786. The zero-order valence-corrected chi connectivity index (χ0v) is 11.5. The van der Waals surface area contributed by atoms with Crippen molar-refractivity contribution in [3.63, 3.8) is 0 Å². The van der Waals surface area contributed by atoms with Crippen LogP contribution in [0.25, 0.3) is 22.0 Å². The number of nitrogens with one attached hydrogen (secondary N) is 1. The van der Waals surface area contributed by atoms with Crippen LogP contribution in [0.4, 0.5) is 0 Å². The van der Waals surface area contributed by atoms with Crippen molar-refractivity contribution in [3.8, 4) is 11.3 Å². The fourth-order valence-corrected chi connectivity index (χ4v) is 2.27. The number of nitrogens with zero attached hydrogens (tertiary/aromatic N) is 2. The first-order valence-electron chi connectivity index (χ1n) is 6.82. The smallest absolute Gasteiger partial charge is 0.130 e. The topological polar surface area (TPSA) is 37.8 Å². The van der Waals surface area contributed by atoms with Crippen molar-refractivity contribution in [3.05, 3.63) is 60.6 Å². The summed E-state index contributed by atoms with van der Waals surface area (Å²) in [5.41, 5.74) is 2.12. The number of fused-ring (bicyclic) bond motifs is 1. The molecule has 0 atom stereocenters. The summed E-state index contributed by atoms with van der Waals surface area (Å²) in [5, 5.41) is 5.61. The number of aromatic nitrogens is 2. The Kier molecular flexibility index (Phi) is 3.70. The Morgan fingerprint density at radius 1 is 1.00 bits per heavy atom. The van der Waals surface area contributed by atoms with Gasteiger partial charge in [-0.2, -0.15) is 0 Å². The lowest BCUT2D eigenvalue weighted by Gasteiger charge is -2.05. The number of hydrogen-bond donors (Lipinski definition) is 1. The van der Waals surface area contributed by atoms with Gasteiger partial charge in [0.25, 0.3) is 0 Å². The molecular formula is C17H17N3. The summed E-state index contributed by atoms with van der Waals surface area (Å²) in [4.78, 5) is 8.95. The molecule has 20 heavy (non-hydrogen) atoms. The Balaban J connectivity index is 1.97. The van der Waals surface area contributed by atoms with E-state index in [1.54, 1.807) is 0 Å². The summed E-state index contributed by atoms with van der Waals surface area (Å²) in [6, 6.07) is 16.8. The Bertz CT molecular complexity index is 722. The van der Waals surface area contributed by atoms with Crippen molar-refractivity contribution >= 4 is 10.8 Å². The zero-order chi connectivity index (χ0) is 13.8. The summed E-state index contributed by atoms with van der Waals surface area (Å²) < 4.78 is 0. The van der Waals surface area contributed by atoms with Crippen molar-refractivity contribution in [1.82, 2.24) is 15.3 Å². The van der Waals surface area contributed by atoms with E-state index in [-0.39, 0.29) is 0 Å². The molecule has 1 heterocycles. The fraction of sp³-hybridized carbons (Fsp3) is 0.176. The van der Waals surface area contributed by atoms with Crippen LogP contribution in [0, 0.1) is 0 Å². The van der Waals surface area contributed by atoms with Gasteiger partial charge in [-0.15, -0.1) is 0 Å². The van der Waals surface area contributed by atoms with Gasteiger partial charge in [0.15, 0.2) is 0 Å². The van der Waals surface area contributed by atoms with E-state index < -0.39 is 0 Å². The summed E-state index contributed by atoms with van der Waals surface area (Å²) in [5.74, 6) is 0.880. The lowest BCUT2D eigenvalue weighted by Crippen LogP contribution is -2.12. The molecule has 1 aromatic heterocycles. The monoisotopic (exact) mass is 263 g/mol. The predicted molar refractivity (Wildman–Crippen MR) is 82.6 cm³/mol. The van der Waals surface area contributed by atoms with Crippen LogP contribution in [0.5, 0.6) is 0 Å². The van der Waals surface area contributed by atoms with Gasteiger partial charge in [0, 0.05) is 24.7 Å². The van der Waals surface area contributed by atoms with Crippen molar-refractivity contribution in [2.45, 2.75) is 6.42 Å². The third kappa shape index (κ3) is 2.68. The second kappa shape index (κ2) is 5.80. The zero-order valence-electron chi connectivity index (χ0n) is 11.5. The Morgan fingerprint density at radius 2 is 1.85 bits per heavy atom. The molecule has 3 aromatic rings. The highest BCUT2D eigenvalue weighted by Crippen LogP contribution is 2.22. The standard InChI is InChI=1S/C17H17N3/c1-18-10-9-17-19-11-8-16(20-17)15-7-6-13-4-2-3-5-14(13)12-15/h2-8,11-12,18H,9-10H2,1H3. The van der Waals surface area contributed by atoms with E-state index in [0.29, 0.717) is 0 Å². The second-order valence-electron chi connectivity index (χ2n) is 4.77. The maximum atomic E-state index is 4.64. The van der Waals surface area contributed by atoms with Crippen LogP contribution in [0.1, 0.15) is 5.82 Å². The molecule has 0 fully saturated rings. The molecule has 0 unspecified atom stereocenters. The highest BCUT2D eigenvalue weighted by atomic mass is 14.9.